The third-order valence-electron chi connectivity index (χ3n) is 4.29. The Balaban J connectivity index is 1.85. The summed E-state index contributed by atoms with van der Waals surface area (Å²) in [7, 11) is 0. The molecule has 2 aromatic heterocycles. The number of carbonyl (C=O) groups excluding carboxylic acids is 1. The molecule has 0 aromatic carbocycles. The van der Waals surface area contributed by atoms with E-state index >= 15 is 0 Å². The van der Waals surface area contributed by atoms with E-state index < -0.39 is 0 Å². The number of nitrogens with one attached hydrogen (secondary N) is 2. The molecule has 2 aromatic rings. The van der Waals surface area contributed by atoms with Crippen LogP contribution in [-0.2, 0) is 13.0 Å². The summed E-state index contributed by atoms with van der Waals surface area (Å²) in [5.41, 5.74) is 2.27. The summed E-state index contributed by atoms with van der Waals surface area (Å²) >= 11 is 0. The minimum absolute atomic E-state index is 0.0838. The molecule has 0 saturated heterocycles. The van der Waals surface area contributed by atoms with Crippen LogP contribution in [0.1, 0.15) is 79.0 Å². The third-order valence-corrected chi connectivity index (χ3v) is 4.29. The molecule has 124 valence electrons. The minimum atomic E-state index is -0.0848. The maximum atomic E-state index is 12.8. The van der Waals surface area contributed by atoms with E-state index in [1.54, 1.807) is 0 Å². The second-order valence-corrected chi connectivity index (χ2v) is 6.39. The van der Waals surface area contributed by atoms with Gasteiger partial charge >= 0.3 is 0 Å². The van der Waals surface area contributed by atoms with Crippen molar-refractivity contribution in [3.63, 3.8) is 0 Å². The molecule has 2 N–H and O–H groups in total. The van der Waals surface area contributed by atoms with Crippen molar-refractivity contribution < 1.29 is 4.79 Å². The number of aromatic amines is 1. The molecule has 0 spiro atoms. The van der Waals surface area contributed by atoms with Gasteiger partial charge < -0.3 is 5.32 Å². The van der Waals surface area contributed by atoms with Crippen LogP contribution < -0.4 is 5.32 Å². The van der Waals surface area contributed by atoms with E-state index in [-0.39, 0.29) is 17.9 Å². The number of rotatable bonds is 4. The Hall–Kier alpha value is -2.18. The number of H-pyrrole nitrogens is 1. The van der Waals surface area contributed by atoms with Crippen LogP contribution in [0.5, 0.6) is 0 Å². The molecule has 3 heterocycles. The first-order valence-corrected chi connectivity index (χ1v) is 8.30. The van der Waals surface area contributed by atoms with E-state index in [0.717, 1.165) is 48.8 Å². The van der Waals surface area contributed by atoms with Gasteiger partial charge in [-0.15, -0.1) is 0 Å². The van der Waals surface area contributed by atoms with Crippen molar-refractivity contribution in [1.82, 2.24) is 30.3 Å². The molecule has 7 heteroatoms. The zero-order valence-electron chi connectivity index (χ0n) is 14.2. The second-order valence-electron chi connectivity index (χ2n) is 6.39. The van der Waals surface area contributed by atoms with Crippen molar-refractivity contribution in [3.8, 4) is 0 Å². The smallest absolute Gasteiger partial charge is 0.255 e. The lowest BCUT2D eigenvalue weighted by Gasteiger charge is -2.23. The zero-order chi connectivity index (χ0) is 16.6. The fourth-order valence-corrected chi connectivity index (χ4v) is 3.07. The van der Waals surface area contributed by atoms with Gasteiger partial charge in [0.25, 0.3) is 5.91 Å². The van der Waals surface area contributed by atoms with E-state index in [1.807, 2.05) is 32.4 Å². The topological polar surface area (TPSA) is 88.5 Å². The van der Waals surface area contributed by atoms with Gasteiger partial charge in [0, 0.05) is 18.7 Å². The Morgan fingerprint density at radius 3 is 2.96 bits per heavy atom. The molecule has 0 radical (unpaired) electrons. The van der Waals surface area contributed by atoms with Crippen LogP contribution in [-0.4, -0.2) is 30.9 Å². The third kappa shape index (κ3) is 2.87. The predicted molar refractivity (Wildman–Crippen MR) is 86.3 cm³/mol. The molecule has 23 heavy (non-hydrogen) atoms. The number of fused-ring (bicyclic) bond motifs is 1. The van der Waals surface area contributed by atoms with Crippen LogP contribution in [0.25, 0.3) is 0 Å². The average Bonchev–Trinajstić information content (AvgIpc) is 3.10. The van der Waals surface area contributed by atoms with Gasteiger partial charge in [0.15, 0.2) is 5.82 Å². The monoisotopic (exact) mass is 316 g/mol. The van der Waals surface area contributed by atoms with Gasteiger partial charge in [-0.25, -0.2) is 9.67 Å². The van der Waals surface area contributed by atoms with Crippen molar-refractivity contribution in [1.29, 1.82) is 0 Å². The fraction of sp³-hybridized carbons (Fsp3) is 0.625. The number of aromatic nitrogens is 5. The van der Waals surface area contributed by atoms with E-state index in [9.17, 15) is 4.79 Å². The van der Waals surface area contributed by atoms with Gasteiger partial charge in [0.05, 0.1) is 17.3 Å². The molecule has 1 aliphatic rings. The predicted octanol–water partition coefficient (Wildman–Crippen LogP) is 2.26. The molecule has 0 aliphatic carbocycles. The molecule has 0 fully saturated rings. The number of aryl methyl sites for hydroxylation is 3. The van der Waals surface area contributed by atoms with Crippen molar-refractivity contribution in [3.05, 3.63) is 28.6 Å². The van der Waals surface area contributed by atoms with Crippen molar-refractivity contribution >= 4 is 5.91 Å². The molecule has 0 saturated carbocycles. The lowest BCUT2D eigenvalue weighted by Crippen LogP contribution is -2.34. The minimum Gasteiger partial charge on any atom is -0.342 e. The van der Waals surface area contributed by atoms with E-state index in [0.29, 0.717) is 5.56 Å². The van der Waals surface area contributed by atoms with Gasteiger partial charge in [0.1, 0.15) is 5.82 Å². The normalized spacial score (nSPS) is 17.3. The molecule has 7 nitrogen and oxygen atoms in total. The quantitative estimate of drug-likeness (QED) is 0.905. The van der Waals surface area contributed by atoms with Gasteiger partial charge in [-0.1, -0.05) is 20.8 Å². The van der Waals surface area contributed by atoms with Gasteiger partial charge in [-0.05, 0) is 25.7 Å². The van der Waals surface area contributed by atoms with E-state index in [2.05, 4.69) is 25.6 Å². The summed E-state index contributed by atoms with van der Waals surface area (Å²) in [5, 5.41) is 14.8. The summed E-state index contributed by atoms with van der Waals surface area (Å²) in [5.74, 6) is 1.82. The Kier molecular flexibility index (Phi) is 4.19. The molecule has 3 rings (SSSR count). The van der Waals surface area contributed by atoms with Crippen LogP contribution in [0.4, 0.5) is 0 Å². The number of hydrogen-bond donors (Lipinski definition) is 2. The van der Waals surface area contributed by atoms with Crippen LogP contribution in [0.3, 0.4) is 0 Å². The SMILES string of the molecule is CCc1nc2n(n1)CCC[C@H]2NC(=O)c1c(C(C)C)n[nH]c1C. The molecule has 1 amide bonds. The van der Waals surface area contributed by atoms with Gasteiger partial charge in [-0.2, -0.15) is 10.2 Å². The highest BCUT2D eigenvalue weighted by Gasteiger charge is 2.28. The number of carbonyl (C=O) groups is 1. The first-order valence-electron chi connectivity index (χ1n) is 8.30. The number of amides is 1. The molecule has 1 aliphatic heterocycles. The van der Waals surface area contributed by atoms with E-state index in [4.69, 9.17) is 0 Å². The van der Waals surface area contributed by atoms with Gasteiger partial charge in [0.2, 0.25) is 0 Å². The fourth-order valence-electron chi connectivity index (χ4n) is 3.07. The van der Waals surface area contributed by atoms with Crippen molar-refractivity contribution in [2.45, 2.75) is 65.5 Å². The maximum absolute atomic E-state index is 12.8. The van der Waals surface area contributed by atoms with Crippen LogP contribution in [0.15, 0.2) is 0 Å². The van der Waals surface area contributed by atoms with Crippen LogP contribution >= 0.6 is 0 Å². The summed E-state index contributed by atoms with van der Waals surface area (Å²) in [6, 6.07) is -0.0848. The van der Waals surface area contributed by atoms with Gasteiger partial charge in [-0.3, -0.25) is 9.89 Å². The van der Waals surface area contributed by atoms with Crippen molar-refractivity contribution in [2.75, 3.05) is 0 Å². The Morgan fingerprint density at radius 2 is 2.26 bits per heavy atom. The Labute approximate surface area is 135 Å². The molecule has 0 unspecified atom stereocenters. The maximum Gasteiger partial charge on any atom is 0.255 e. The summed E-state index contributed by atoms with van der Waals surface area (Å²) < 4.78 is 1.93. The average molecular weight is 316 g/mol. The standard InChI is InChI=1S/C16H24N6O/c1-5-12-18-15-11(7-6-8-22(15)21-12)17-16(23)13-10(4)19-20-14(13)9(2)3/h9,11H,5-8H2,1-4H3,(H,17,23)(H,19,20)/t11-/m1/s1. The van der Waals surface area contributed by atoms with Crippen molar-refractivity contribution in [2.24, 2.45) is 0 Å². The Morgan fingerprint density at radius 1 is 1.48 bits per heavy atom. The lowest BCUT2D eigenvalue weighted by molar-refractivity contribution is 0.0925. The summed E-state index contributed by atoms with van der Waals surface area (Å²) in [6.45, 7) is 8.87. The molecule has 1 atom stereocenters. The Bertz CT molecular complexity index is 714. The molecular formula is C16H24N6O. The summed E-state index contributed by atoms with van der Waals surface area (Å²) in [4.78, 5) is 17.4. The first kappa shape index (κ1) is 15.7. The van der Waals surface area contributed by atoms with Crippen LogP contribution in [0.2, 0.25) is 0 Å². The summed E-state index contributed by atoms with van der Waals surface area (Å²) in [6.07, 6.45) is 2.69. The molecular weight excluding hydrogens is 292 g/mol. The van der Waals surface area contributed by atoms with E-state index in [1.165, 1.54) is 0 Å². The molecule has 0 bridgehead atoms. The van der Waals surface area contributed by atoms with Crippen LogP contribution in [0, 0.1) is 6.92 Å². The second kappa shape index (κ2) is 6.14. The lowest BCUT2D eigenvalue weighted by atomic mass is 10.0. The highest BCUT2D eigenvalue weighted by atomic mass is 16.1. The first-order chi connectivity index (χ1) is 11.0. The number of hydrogen-bond acceptors (Lipinski definition) is 4. The largest absolute Gasteiger partial charge is 0.342 e. The zero-order valence-corrected chi connectivity index (χ0v) is 14.2. The highest BCUT2D eigenvalue weighted by molar-refractivity contribution is 5.96. The highest BCUT2D eigenvalue weighted by Crippen LogP contribution is 2.25. The number of nitrogens with zero attached hydrogens (tertiary/aromatic N) is 4.